The Bertz CT molecular complexity index is 591. The van der Waals surface area contributed by atoms with E-state index in [1.54, 1.807) is 0 Å². The normalized spacial score (nSPS) is 22.4. The molecule has 0 saturated carbocycles. The van der Waals surface area contributed by atoms with Gasteiger partial charge in [0.2, 0.25) is 5.91 Å². The molecule has 2 nitrogen and oxygen atoms in total. The van der Waals surface area contributed by atoms with Crippen LogP contribution in [0.1, 0.15) is 25.3 Å². The fraction of sp³-hybridized carbons (Fsp3) is 0.278. The Balaban J connectivity index is 1.85. The van der Waals surface area contributed by atoms with E-state index in [4.69, 9.17) is 0 Å². The standard InChI is InChI=1S/C18H19NO/c1-18(12-11-17(20)19-13-18)16-9-7-15(8-10-16)14-5-3-2-4-6-14/h2-10H,11-13H2,1H3,(H,19,20). The van der Waals surface area contributed by atoms with Crippen molar-refractivity contribution < 1.29 is 4.79 Å². The zero-order valence-corrected chi connectivity index (χ0v) is 11.7. The molecule has 0 spiro atoms. The van der Waals surface area contributed by atoms with E-state index < -0.39 is 0 Å². The highest BCUT2D eigenvalue weighted by Gasteiger charge is 2.31. The molecule has 2 aromatic carbocycles. The Labute approximate surface area is 119 Å². The second-order valence-corrected chi connectivity index (χ2v) is 5.78. The Morgan fingerprint density at radius 2 is 1.60 bits per heavy atom. The maximum atomic E-state index is 11.3. The zero-order valence-electron chi connectivity index (χ0n) is 11.7. The second-order valence-electron chi connectivity index (χ2n) is 5.78. The minimum Gasteiger partial charge on any atom is -0.355 e. The SMILES string of the molecule is CC1(c2ccc(-c3ccccc3)cc2)CCC(=O)NC1. The lowest BCUT2D eigenvalue weighted by atomic mass is 9.76. The third-order valence-electron chi connectivity index (χ3n) is 4.27. The average Bonchev–Trinajstić information content (AvgIpc) is 2.52. The summed E-state index contributed by atoms with van der Waals surface area (Å²) >= 11 is 0. The first-order valence-electron chi connectivity index (χ1n) is 7.10. The number of carbonyl (C=O) groups excluding carboxylic acids is 1. The molecule has 2 aromatic rings. The summed E-state index contributed by atoms with van der Waals surface area (Å²) in [6, 6.07) is 19.1. The van der Waals surface area contributed by atoms with Gasteiger partial charge in [0.25, 0.3) is 0 Å². The van der Waals surface area contributed by atoms with Crippen molar-refractivity contribution >= 4 is 5.91 Å². The number of amides is 1. The molecular weight excluding hydrogens is 246 g/mol. The molecule has 1 fully saturated rings. The number of hydrogen-bond acceptors (Lipinski definition) is 1. The number of rotatable bonds is 2. The van der Waals surface area contributed by atoms with E-state index in [9.17, 15) is 4.79 Å². The molecule has 1 heterocycles. The van der Waals surface area contributed by atoms with E-state index in [1.165, 1.54) is 16.7 Å². The summed E-state index contributed by atoms with van der Waals surface area (Å²) in [6.45, 7) is 2.96. The summed E-state index contributed by atoms with van der Waals surface area (Å²) in [5, 5.41) is 2.98. The van der Waals surface area contributed by atoms with Gasteiger partial charge in [-0.3, -0.25) is 4.79 Å². The van der Waals surface area contributed by atoms with Crippen molar-refractivity contribution in [3.63, 3.8) is 0 Å². The summed E-state index contributed by atoms with van der Waals surface area (Å²) in [5.41, 5.74) is 3.83. The van der Waals surface area contributed by atoms with Crippen molar-refractivity contribution in [2.24, 2.45) is 0 Å². The fourth-order valence-corrected chi connectivity index (χ4v) is 2.80. The molecule has 1 amide bonds. The number of benzene rings is 2. The van der Waals surface area contributed by atoms with Crippen LogP contribution in [0.25, 0.3) is 11.1 Å². The van der Waals surface area contributed by atoms with Crippen molar-refractivity contribution in [2.75, 3.05) is 6.54 Å². The molecule has 2 heteroatoms. The molecule has 3 rings (SSSR count). The van der Waals surface area contributed by atoms with Crippen molar-refractivity contribution in [3.05, 3.63) is 60.2 Å². The Morgan fingerprint density at radius 3 is 2.20 bits per heavy atom. The highest BCUT2D eigenvalue weighted by molar-refractivity contribution is 5.77. The molecule has 20 heavy (non-hydrogen) atoms. The average molecular weight is 265 g/mol. The smallest absolute Gasteiger partial charge is 0.220 e. The lowest BCUT2D eigenvalue weighted by molar-refractivity contribution is -0.123. The molecule has 0 aromatic heterocycles. The van der Waals surface area contributed by atoms with Crippen LogP contribution < -0.4 is 5.32 Å². The Kier molecular flexibility index (Phi) is 3.31. The zero-order chi connectivity index (χ0) is 14.0. The largest absolute Gasteiger partial charge is 0.355 e. The molecule has 1 unspecified atom stereocenters. The quantitative estimate of drug-likeness (QED) is 0.884. The third kappa shape index (κ3) is 2.46. The van der Waals surface area contributed by atoms with Crippen molar-refractivity contribution in [2.45, 2.75) is 25.2 Å². The van der Waals surface area contributed by atoms with E-state index in [-0.39, 0.29) is 11.3 Å². The van der Waals surface area contributed by atoms with Crippen LogP contribution in [0.5, 0.6) is 0 Å². The molecule has 1 aliphatic rings. The lowest BCUT2D eigenvalue weighted by Gasteiger charge is -2.34. The van der Waals surface area contributed by atoms with Gasteiger partial charge in [-0.25, -0.2) is 0 Å². The molecular formula is C18H19NO. The maximum absolute atomic E-state index is 11.3. The third-order valence-corrected chi connectivity index (χ3v) is 4.27. The van der Waals surface area contributed by atoms with E-state index in [2.05, 4.69) is 60.8 Å². The summed E-state index contributed by atoms with van der Waals surface area (Å²) in [6.07, 6.45) is 1.54. The van der Waals surface area contributed by atoms with Crippen LogP contribution in [-0.2, 0) is 10.2 Å². The molecule has 0 radical (unpaired) electrons. The van der Waals surface area contributed by atoms with E-state index in [0.717, 1.165) is 13.0 Å². The summed E-state index contributed by atoms with van der Waals surface area (Å²) in [7, 11) is 0. The Hall–Kier alpha value is -2.09. The van der Waals surface area contributed by atoms with Gasteiger partial charge in [0.15, 0.2) is 0 Å². The number of piperidine rings is 1. The van der Waals surface area contributed by atoms with Crippen LogP contribution in [0, 0.1) is 0 Å². The molecule has 1 saturated heterocycles. The van der Waals surface area contributed by atoms with Gasteiger partial charge in [-0.05, 0) is 23.1 Å². The Morgan fingerprint density at radius 1 is 0.950 bits per heavy atom. The molecule has 102 valence electrons. The van der Waals surface area contributed by atoms with Crippen LogP contribution >= 0.6 is 0 Å². The van der Waals surface area contributed by atoms with Gasteiger partial charge in [0, 0.05) is 18.4 Å². The van der Waals surface area contributed by atoms with Crippen LogP contribution in [0.4, 0.5) is 0 Å². The number of nitrogens with one attached hydrogen (secondary N) is 1. The van der Waals surface area contributed by atoms with Crippen molar-refractivity contribution in [1.82, 2.24) is 5.32 Å². The van der Waals surface area contributed by atoms with Crippen molar-refractivity contribution in [3.8, 4) is 11.1 Å². The van der Waals surface area contributed by atoms with Gasteiger partial charge in [-0.15, -0.1) is 0 Å². The molecule has 1 aliphatic heterocycles. The first-order chi connectivity index (χ1) is 9.67. The monoisotopic (exact) mass is 265 g/mol. The molecule has 0 bridgehead atoms. The fourth-order valence-electron chi connectivity index (χ4n) is 2.80. The summed E-state index contributed by atoms with van der Waals surface area (Å²) in [5.74, 6) is 0.170. The molecule has 1 N–H and O–H groups in total. The predicted molar refractivity (Wildman–Crippen MR) is 81.5 cm³/mol. The first-order valence-corrected chi connectivity index (χ1v) is 7.10. The first kappa shape index (κ1) is 12.9. The number of carbonyl (C=O) groups is 1. The van der Waals surface area contributed by atoms with Gasteiger partial charge < -0.3 is 5.32 Å². The van der Waals surface area contributed by atoms with Gasteiger partial charge >= 0.3 is 0 Å². The summed E-state index contributed by atoms with van der Waals surface area (Å²) in [4.78, 5) is 11.3. The van der Waals surface area contributed by atoms with Crippen LogP contribution in [-0.4, -0.2) is 12.5 Å². The van der Waals surface area contributed by atoms with Gasteiger partial charge in [0.05, 0.1) is 0 Å². The van der Waals surface area contributed by atoms with Gasteiger partial charge in [-0.1, -0.05) is 61.5 Å². The molecule has 1 atom stereocenters. The van der Waals surface area contributed by atoms with E-state index >= 15 is 0 Å². The topological polar surface area (TPSA) is 29.1 Å². The molecule has 0 aliphatic carbocycles. The van der Waals surface area contributed by atoms with Crippen LogP contribution in [0.2, 0.25) is 0 Å². The minimum atomic E-state index is 0.0587. The summed E-state index contributed by atoms with van der Waals surface area (Å²) < 4.78 is 0. The predicted octanol–water partition coefficient (Wildman–Crippen LogP) is 3.52. The number of hydrogen-bond donors (Lipinski definition) is 1. The van der Waals surface area contributed by atoms with E-state index in [1.807, 2.05) is 6.07 Å². The minimum absolute atomic E-state index is 0.0587. The van der Waals surface area contributed by atoms with Crippen molar-refractivity contribution in [1.29, 1.82) is 0 Å². The van der Waals surface area contributed by atoms with Gasteiger partial charge in [0.1, 0.15) is 0 Å². The van der Waals surface area contributed by atoms with Crippen LogP contribution in [0.3, 0.4) is 0 Å². The highest BCUT2D eigenvalue weighted by Crippen LogP contribution is 2.32. The van der Waals surface area contributed by atoms with E-state index in [0.29, 0.717) is 6.42 Å². The highest BCUT2D eigenvalue weighted by atomic mass is 16.1. The maximum Gasteiger partial charge on any atom is 0.220 e. The van der Waals surface area contributed by atoms with Gasteiger partial charge in [-0.2, -0.15) is 0 Å². The second kappa shape index (κ2) is 5.12. The van der Waals surface area contributed by atoms with Crippen LogP contribution in [0.15, 0.2) is 54.6 Å². The lowest BCUT2D eigenvalue weighted by Crippen LogP contribution is -2.44.